The van der Waals surface area contributed by atoms with Gasteiger partial charge in [-0.15, -0.1) is 0 Å². The number of hydrogen-bond donors (Lipinski definition) is 0. The van der Waals surface area contributed by atoms with Gasteiger partial charge in [0.1, 0.15) is 47.8 Å². The fourth-order valence-corrected chi connectivity index (χ4v) is 14.6. The maximum Gasteiger partial charge on any atom is 0.344 e. The zero-order valence-corrected chi connectivity index (χ0v) is 51.4. The average Bonchev–Trinajstić information content (AvgIpc) is 1.63. The van der Waals surface area contributed by atoms with E-state index in [-0.39, 0.29) is 124 Å². The molecule has 0 amide bonds. The Kier molecular flexibility index (Phi) is 22.5. The van der Waals surface area contributed by atoms with Crippen molar-refractivity contribution in [3.05, 3.63) is 60.8 Å². The van der Waals surface area contributed by atoms with Crippen LogP contribution < -0.4 is 0 Å². The van der Waals surface area contributed by atoms with E-state index >= 15 is 0 Å². The van der Waals surface area contributed by atoms with Crippen molar-refractivity contribution in [2.24, 2.45) is 53.3 Å². The van der Waals surface area contributed by atoms with Gasteiger partial charge in [0, 0.05) is 57.5 Å². The second kappa shape index (κ2) is 28.9. The first kappa shape index (κ1) is 66.9. The molecule has 15 unspecified atom stereocenters. The summed E-state index contributed by atoms with van der Waals surface area (Å²) in [4.78, 5) is 115. The number of carbonyl (C=O) groups is 10. The van der Waals surface area contributed by atoms with E-state index in [1.165, 1.54) is 58.8 Å². The smallest absolute Gasteiger partial charge is 0.344 e. The molecule has 0 radical (unpaired) electrons. The molecule has 0 N–H and O–H groups in total. The molecule has 15 atom stereocenters. The van der Waals surface area contributed by atoms with Crippen molar-refractivity contribution in [1.29, 1.82) is 0 Å². The van der Waals surface area contributed by atoms with Crippen molar-refractivity contribution >= 4 is 59.7 Å². The highest BCUT2D eigenvalue weighted by atomic mass is 16.6. The molecule has 0 aromatic rings. The van der Waals surface area contributed by atoms with Crippen LogP contribution in [-0.2, 0) is 95.3 Å². The average molecular weight is 1200 g/mol. The molecule has 0 aromatic carbocycles. The largest absolute Gasteiger partial charge is 0.458 e. The summed E-state index contributed by atoms with van der Waals surface area (Å²) in [5.41, 5.74) is 1.42. The van der Waals surface area contributed by atoms with Gasteiger partial charge in [-0.05, 0) is 157 Å². The van der Waals surface area contributed by atoms with Gasteiger partial charge in [0.2, 0.25) is 0 Å². The Morgan fingerprint density at radius 2 is 0.895 bits per heavy atom. The predicted octanol–water partition coefficient (Wildman–Crippen LogP) is 9.47. The van der Waals surface area contributed by atoms with Crippen LogP contribution in [0.15, 0.2) is 60.8 Å². The number of rotatable bonds is 15. The van der Waals surface area contributed by atoms with Crippen LogP contribution in [0.5, 0.6) is 0 Å². The third kappa shape index (κ3) is 16.5. The van der Waals surface area contributed by atoms with Crippen molar-refractivity contribution in [2.45, 2.75) is 225 Å². The first-order valence-electron chi connectivity index (χ1n) is 30.9. The van der Waals surface area contributed by atoms with Crippen LogP contribution in [0.1, 0.15) is 177 Å². The fraction of sp³-hybridized carbons (Fsp3) is 0.697. The molecule has 12 aliphatic rings. The topological polar surface area (TPSA) is 263 Å². The third-order valence-electron chi connectivity index (χ3n) is 19.0. The second-order valence-corrected chi connectivity index (χ2v) is 26.1. The van der Waals surface area contributed by atoms with E-state index in [1.54, 1.807) is 20.8 Å². The molecule has 86 heavy (non-hydrogen) atoms. The Morgan fingerprint density at radius 3 is 1.37 bits per heavy atom. The van der Waals surface area contributed by atoms with Gasteiger partial charge in [-0.2, -0.15) is 0 Å². The molecule has 0 spiro atoms. The highest BCUT2D eigenvalue weighted by Crippen LogP contribution is 2.57. The molecule has 20 heteroatoms. The van der Waals surface area contributed by atoms with E-state index in [9.17, 15) is 47.9 Å². The summed E-state index contributed by atoms with van der Waals surface area (Å²) in [5, 5.41) is 0. The van der Waals surface area contributed by atoms with E-state index in [4.69, 9.17) is 47.4 Å². The van der Waals surface area contributed by atoms with Crippen LogP contribution in [0.4, 0.5) is 0 Å². The molecule has 12 rings (SSSR count). The molecule has 20 nitrogen and oxygen atoms in total. The zero-order valence-electron chi connectivity index (χ0n) is 51.4. The lowest BCUT2D eigenvalue weighted by Crippen LogP contribution is -2.45. The molecular formula is C66H90O20. The summed E-state index contributed by atoms with van der Waals surface area (Å²) in [6.45, 7) is 28.9. The molecule has 4 heterocycles. The van der Waals surface area contributed by atoms with E-state index in [0.29, 0.717) is 28.6 Å². The van der Waals surface area contributed by atoms with E-state index in [1.807, 2.05) is 6.92 Å². The van der Waals surface area contributed by atoms with Crippen molar-refractivity contribution < 1.29 is 95.3 Å². The highest BCUT2D eigenvalue weighted by Gasteiger charge is 2.64. The minimum Gasteiger partial charge on any atom is -0.458 e. The Balaban J connectivity index is 0.000000156. The lowest BCUT2D eigenvalue weighted by atomic mass is 9.67. The van der Waals surface area contributed by atoms with E-state index < -0.39 is 49.3 Å². The molecule has 8 bridgehead atoms. The van der Waals surface area contributed by atoms with Crippen molar-refractivity contribution in [3.63, 3.8) is 0 Å². The summed E-state index contributed by atoms with van der Waals surface area (Å²) in [6.07, 6.45) is 18.3. The number of esters is 10. The van der Waals surface area contributed by atoms with Crippen molar-refractivity contribution in [1.82, 2.24) is 0 Å². The summed E-state index contributed by atoms with van der Waals surface area (Å²) in [5.74, 6) is -2.17. The van der Waals surface area contributed by atoms with Crippen LogP contribution in [-0.4, -0.2) is 121 Å². The van der Waals surface area contributed by atoms with Gasteiger partial charge in [-0.1, -0.05) is 59.1 Å². The van der Waals surface area contributed by atoms with Crippen molar-refractivity contribution in [2.75, 3.05) is 13.2 Å². The van der Waals surface area contributed by atoms with Gasteiger partial charge in [-0.3, -0.25) is 14.4 Å². The maximum absolute atomic E-state index is 11.9. The SMILES string of the molecule is C=C(C)C(=O)OC1(C)CCCC1.C=C(C)C(=O)OC1(CC)CCCCCCC1.C=C(C)C(=O)OC1C2CC3C(=O)OC1C3C2.C=C(C)C(=O)OCC(=O)OC1C2CC3C(=O)OC1C3C2.C=C(C)C(=O)OCC(=O)OC1C2CC3CC(C2)C(=O)OC1C3. The molecule has 8 aliphatic carbocycles. The first-order chi connectivity index (χ1) is 40.6. The number of ether oxygens (including phenoxy) is 10. The van der Waals surface area contributed by atoms with E-state index in [0.717, 1.165) is 83.5 Å². The summed E-state index contributed by atoms with van der Waals surface area (Å²) < 4.78 is 52.7. The molecule has 8 saturated carbocycles. The molecule has 0 aromatic heterocycles. The summed E-state index contributed by atoms with van der Waals surface area (Å²) >= 11 is 0. The Morgan fingerprint density at radius 1 is 0.465 bits per heavy atom. The van der Waals surface area contributed by atoms with Gasteiger partial charge in [0.15, 0.2) is 13.2 Å². The van der Waals surface area contributed by atoms with Gasteiger partial charge in [0.25, 0.3) is 0 Å². The Hall–Kier alpha value is -6.60. The van der Waals surface area contributed by atoms with E-state index in [2.05, 4.69) is 39.8 Å². The molecule has 474 valence electrons. The molecule has 4 aliphatic heterocycles. The lowest BCUT2D eigenvalue weighted by molar-refractivity contribution is -0.177. The molecule has 4 saturated heterocycles. The van der Waals surface area contributed by atoms with Crippen LogP contribution in [0.2, 0.25) is 0 Å². The maximum atomic E-state index is 11.9. The van der Waals surface area contributed by atoms with Crippen LogP contribution in [0, 0.1) is 53.3 Å². The standard InChI is InChI=1S/C16H20O6.C14H16O6.C14H24O2.C12H14O4.C10H16O2/c1-8(2)15(18)20-7-13(17)22-14-10-3-9-4-11(6-10)16(19)21-12(14)5-9;1-6(2)13(16)18-5-10(15)19-11-7-3-8-9(4-7)14(17)20-12(8)11;1-4-14(16-13(15)12(2)3)10-8-6-5-7-9-11-14;1-5(2)11(13)15-9-6-3-7-8(4-6)12(14)16-10(7)9;1-8(2)9(11)12-10(3)6-4-5-7-10/h9-12,14H,1,3-7H2,2H3;7-9,11-12H,1,3-5H2,2H3;2,4-11H2,1,3H3;6-10H,1,3-4H2,2H3;1,4-7H2,2-3H3. The minimum atomic E-state index is -0.623. The predicted molar refractivity (Wildman–Crippen MR) is 308 cm³/mol. The van der Waals surface area contributed by atoms with Gasteiger partial charge >= 0.3 is 59.7 Å². The van der Waals surface area contributed by atoms with Crippen LogP contribution >= 0.6 is 0 Å². The summed E-state index contributed by atoms with van der Waals surface area (Å²) in [7, 11) is 0. The fourth-order valence-electron chi connectivity index (χ4n) is 14.6. The lowest BCUT2D eigenvalue weighted by Gasteiger charge is -2.41. The minimum absolute atomic E-state index is 0.0128. The van der Waals surface area contributed by atoms with Crippen LogP contribution in [0.25, 0.3) is 0 Å². The third-order valence-corrected chi connectivity index (χ3v) is 19.0. The molecular weight excluding hydrogens is 1110 g/mol. The van der Waals surface area contributed by atoms with Gasteiger partial charge < -0.3 is 47.4 Å². The Labute approximate surface area is 505 Å². The number of fused-ring (bicyclic) bond motifs is 3. The highest BCUT2D eigenvalue weighted by molar-refractivity contribution is 5.90. The number of carbonyl (C=O) groups excluding carboxylic acids is 10. The quantitative estimate of drug-likeness (QED) is 0.0839. The molecule has 12 fully saturated rings. The zero-order chi connectivity index (χ0) is 62.9. The van der Waals surface area contributed by atoms with Gasteiger partial charge in [-0.25, -0.2) is 33.6 Å². The normalized spacial score (nSPS) is 32.4. The second-order valence-electron chi connectivity index (χ2n) is 26.1. The number of hydrogen-bond acceptors (Lipinski definition) is 20. The first-order valence-corrected chi connectivity index (χ1v) is 30.9. The van der Waals surface area contributed by atoms with Crippen LogP contribution in [0.3, 0.4) is 0 Å². The van der Waals surface area contributed by atoms with Gasteiger partial charge in [0.05, 0.1) is 17.8 Å². The van der Waals surface area contributed by atoms with Crippen molar-refractivity contribution in [3.8, 4) is 0 Å². The summed E-state index contributed by atoms with van der Waals surface area (Å²) in [6, 6.07) is 0. The monoisotopic (exact) mass is 1200 g/mol. The Bertz CT molecular complexity index is 2670.